The molecule has 0 aliphatic heterocycles. The molecule has 0 aliphatic rings. The molecule has 0 bridgehead atoms. The van der Waals surface area contributed by atoms with E-state index < -0.39 is 12.0 Å². The van der Waals surface area contributed by atoms with Crippen LogP contribution in [-0.2, 0) is 22.6 Å². The number of carboxylic acids is 1. The van der Waals surface area contributed by atoms with Gasteiger partial charge in [0.2, 0.25) is 0 Å². The number of nitrogens with one attached hydrogen (secondary N) is 1. The molecule has 188 valence electrons. The maximum Gasteiger partial charge on any atom is 0.321 e. The molecule has 0 radical (unpaired) electrons. The van der Waals surface area contributed by atoms with Gasteiger partial charge in [0.15, 0.2) is 0 Å². The van der Waals surface area contributed by atoms with Crippen molar-refractivity contribution in [1.29, 1.82) is 5.26 Å². The normalized spacial score (nSPS) is 10.9. The highest BCUT2D eigenvalue weighted by Crippen LogP contribution is 2.20. The standard InChI is InChI=1S/C16H14ClN3O3.C10H13NO2/c17-13-5-3-12(4-6-13)14-11-15(22)20(8-9-21)16(19-14)23-10-2-1-7-18;1-11-9(10(12)13)7-8-5-3-2-4-6-8/h3-6,9,11H,1-2,8,10H2;2-6,9,11H,7H2,1H3,(H,12,13). The molecule has 3 rings (SSSR count). The second-order valence-electron chi connectivity index (χ2n) is 7.53. The molecular weight excluding hydrogens is 484 g/mol. The van der Waals surface area contributed by atoms with E-state index in [1.165, 1.54) is 6.07 Å². The number of benzene rings is 2. The van der Waals surface area contributed by atoms with Gasteiger partial charge in [-0.2, -0.15) is 10.2 Å². The molecule has 3 aromatic rings. The van der Waals surface area contributed by atoms with Crippen molar-refractivity contribution in [2.45, 2.75) is 31.8 Å². The van der Waals surface area contributed by atoms with Gasteiger partial charge in [-0.25, -0.2) is 0 Å². The minimum atomic E-state index is -0.814. The van der Waals surface area contributed by atoms with Crippen LogP contribution in [0.25, 0.3) is 11.3 Å². The first-order valence-corrected chi connectivity index (χ1v) is 11.5. The van der Waals surface area contributed by atoms with Crippen molar-refractivity contribution in [2.75, 3.05) is 13.7 Å². The lowest BCUT2D eigenvalue weighted by atomic mass is 10.1. The largest absolute Gasteiger partial charge is 0.480 e. The maximum atomic E-state index is 12.2. The highest BCUT2D eigenvalue weighted by atomic mass is 35.5. The summed E-state index contributed by atoms with van der Waals surface area (Å²) in [6.07, 6.45) is 1.98. The first-order chi connectivity index (χ1) is 17.4. The Bertz CT molecular complexity index is 1220. The van der Waals surface area contributed by atoms with Gasteiger partial charge in [-0.3, -0.25) is 14.2 Å². The number of aromatic nitrogens is 2. The zero-order valence-corrected chi connectivity index (χ0v) is 20.5. The van der Waals surface area contributed by atoms with Crippen LogP contribution in [0.3, 0.4) is 0 Å². The summed E-state index contributed by atoms with van der Waals surface area (Å²) in [4.78, 5) is 37.9. The number of hydrogen-bond donors (Lipinski definition) is 2. The van der Waals surface area contributed by atoms with Crippen LogP contribution in [0.1, 0.15) is 18.4 Å². The molecule has 2 N–H and O–H groups in total. The summed E-state index contributed by atoms with van der Waals surface area (Å²) in [6.45, 7) is 0.100. The van der Waals surface area contributed by atoms with Crippen LogP contribution in [0.5, 0.6) is 6.01 Å². The first kappa shape index (κ1) is 28.2. The number of hydrogen-bond acceptors (Lipinski definition) is 7. The molecule has 0 fully saturated rings. The fourth-order valence-electron chi connectivity index (χ4n) is 3.08. The van der Waals surface area contributed by atoms with Crippen LogP contribution in [0.2, 0.25) is 5.02 Å². The van der Waals surface area contributed by atoms with Gasteiger partial charge in [0.1, 0.15) is 12.3 Å². The van der Waals surface area contributed by atoms with E-state index in [9.17, 15) is 14.4 Å². The molecular formula is C26H27ClN4O5. The van der Waals surface area contributed by atoms with Crippen LogP contribution < -0.4 is 15.6 Å². The number of nitriles is 1. The van der Waals surface area contributed by atoms with E-state index in [1.54, 1.807) is 31.3 Å². The van der Waals surface area contributed by atoms with Crippen molar-refractivity contribution in [3.8, 4) is 23.3 Å². The van der Waals surface area contributed by atoms with Crippen molar-refractivity contribution >= 4 is 23.9 Å². The molecule has 1 aromatic heterocycles. The number of aldehydes is 1. The summed E-state index contributed by atoms with van der Waals surface area (Å²) < 4.78 is 6.63. The van der Waals surface area contributed by atoms with E-state index in [1.807, 2.05) is 36.4 Å². The lowest BCUT2D eigenvalue weighted by Gasteiger charge is -2.12. The average molecular weight is 511 g/mol. The molecule has 1 unspecified atom stereocenters. The fourth-order valence-corrected chi connectivity index (χ4v) is 3.21. The molecule has 2 aromatic carbocycles. The highest BCUT2D eigenvalue weighted by molar-refractivity contribution is 6.30. The van der Waals surface area contributed by atoms with Gasteiger partial charge in [0.25, 0.3) is 11.6 Å². The fraction of sp³-hybridized carbons (Fsp3) is 0.269. The number of rotatable bonds is 11. The number of carbonyl (C=O) groups is 2. The van der Waals surface area contributed by atoms with E-state index in [2.05, 4.69) is 10.3 Å². The molecule has 9 nitrogen and oxygen atoms in total. The SMILES string of the molecule is CNC(Cc1ccccc1)C(=O)O.N#CCCCOc1nc(-c2ccc(Cl)cc2)cc(=O)n1CC=O. The molecule has 0 saturated heterocycles. The Hall–Kier alpha value is -4.00. The van der Waals surface area contributed by atoms with E-state index in [-0.39, 0.29) is 24.7 Å². The Kier molecular flexibility index (Phi) is 11.8. The number of aliphatic carboxylic acids is 1. The van der Waals surface area contributed by atoms with Gasteiger partial charge in [-0.15, -0.1) is 0 Å². The summed E-state index contributed by atoms with van der Waals surface area (Å²) in [7, 11) is 1.65. The van der Waals surface area contributed by atoms with E-state index in [0.29, 0.717) is 41.8 Å². The van der Waals surface area contributed by atoms with Gasteiger partial charge < -0.3 is 20.0 Å². The second kappa shape index (κ2) is 15.1. The van der Waals surface area contributed by atoms with Crippen molar-refractivity contribution in [3.05, 3.63) is 81.6 Å². The predicted octanol–water partition coefficient (Wildman–Crippen LogP) is 3.35. The Morgan fingerprint density at radius 2 is 1.94 bits per heavy atom. The number of halogens is 1. The predicted molar refractivity (Wildman–Crippen MR) is 136 cm³/mol. The quantitative estimate of drug-likeness (QED) is 0.296. The monoisotopic (exact) mass is 510 g/mol. The third-order valence-corrected chi connectivity index (χ3v) is 5.22. The molecule has 36 heavy (non-hydrogen) atoms. The van der Waals surface area contributed by atoms with E-state index in [4.69, 9.17) is 26.7 Å². The molecule has 0 aliphatic carbocycles. The van der Waals surface area contributed by atoms with E-state index >= 15 is 0 Å². The lowest BCUT2D eigenvalue weighted by molar-refractivity contribution is -0.139. The number of nitrogens with zero attached hydrogens (tertiary/aromatic N) is 3. The summed E-state index contributed by atoms with van der Waals surface area (Å²) in [6, 6.07) is 19.4. The second-order valence-corrected chi connectivity index (χ2v) is 7.96. The van der Waals surface area contributed by atoms with Gasteiger partial charge >= 0.3 is 5.97 Å². The third kappa shape index (κ3) is 8.98. The van der Waals surface area contributed by atoms with Crippen LogP contribution in [0.4, 0.5) is 0 Å². The molecule has 0 amide bonds. The van der Waals surface area contributed by atoms with Gasteiger partial charge in [0.05, 0.1) is 24.9 Å². The van der Waals surface area contributed by atoms with Crippen molar-refractivity contribution in [1.82, 2.24) is 14.9 Å². The summed E-state index contributed by atoms with van der Waals surface area (Å²) in [5.41, 5.74) is 1.80. The number of unbranched alkanes of at least 4 members (excludes halogenated alkanes) is 1. The Balaban J connectivity index is 0.000000297. The van der Waals surface area contributed by atoms with Gasteiger partial charge in [-0.1, -0.05) is 54.1 Å². The van der Waals surface area contributed by atoms with Crippen LogP contribution in [0.15, 0.2) is 65.5 Å². The van der Waals surface area contributed by atoms with Crippen molar-refractivity contribution < 1.29 is 19.4 Å². The number of likely N-dealkylation sites (N-methyl/N-ethyl adjacent to an activating group) is 1. The molecule has 0 saturated carbocycles. The lowest BCUT2D eigenvalue weighted by Crippen LogP contribution is -2.35. The molecule has 1 atom stereocenters. The zero-order valence-electron chi connectivity index (χ0n) is 19.8. The van der Waals surface area contributed by atoms with Crippen LogP contribution in [0, 0.1) is 11.3 Å². The topological polar surface area (TPSA) is 134 Å². The van der Waals surface area contributed by atoms with Gasteiger partial charge in [-0.05, 0) is 37.6 Å². The first-order valence-electron chi connectivity index (χ1n) is 11.1. The minimum Gasteiger partial charge on any atom is -0.480 e. The Morgan fingerprint density at radius 3 is 2.53 bits per heavy atom. The zero-order chi connectivity index (χ0) is 26.3. The summed E-state index contributed by atoms with van der Waals surface area (Å²) in [5.74, 6) is -0.814. The maximum absolute atomic E-state index is 12.2. The minimum absolute atomic E-state index is 0.0625. The molecule has 0 spiro atoms. The number of ether oxygens (including phenoxy) is 1. The number of carboxylic acid groups (broad SMARTS) is 1. The van der Waals surface area contributed by atoms with Crippen molar-refractivity contribution in [2.24, 2.45) is 0 Å². The number of carbonyl (C=O) groups excluding carboxylic acids is 1. The summed E-state index contributed by atoms with van der Waals surface area (Å²) in [5, 5.41) is 20.6. The third-order valence-electron chi connectivity index (χ3n) is 4.96. The van der Waals surface area contributed by atoms with Crippen molar-refractivity contribution in [3.63, 3.8) is 0 Å². The molecule has 1 heterocycles. The highest BCUT2D eigenvalue weighted by Gasteiger charge is 2.14. The smallest absolute Gasteiger partial charge is 0.321 e. The Labute approximate surface area is 213 Å². The van der Waals surface area contributed by atoms with Crippen LogP contribution >= 0.6 is 11.6 Å². The average Bonchev–Trinajstić information content (AvgIpc) is 2.88. The van der Waals surface area contributed by atoms with Gasteiger partial charge in [0, 0.05) is 23.1 Å². The Morgan fingerprint density at radius 1 is 1.25 bits per heavy atom. The summed E-state index contributed by atoms with van der Waals surface area (Å²) >= 11 is 5.85. The van der Waals surface area contributed by atoms with Crippen LogP contribution in [-0.4, -0.2) is 46.6 Å². The molecule has 10 heteroatoms. The van der Waals surface area contributed by atoms with E-state index in [0.717, 1.165) is 10.1 Å².